The molecule has 0 atom stereocenters. The third-order valence-corrected chi connectivity index (χ3v) is 4.34. The van der Waals surface area contributed by atoms with E-state index in [1.807, 2.05) is 32.0 Å². The molecule has 1 aliphatic carbocycles. The Morgan fingerprint density at radius 2 is 2.14 bits per heavy atom. The summed E-state index contributed by atoms with van der Waals surface area (Å²) < 4.78 is 5.99. The first-order valence-corrected chi connectivity index (χ1v) is 8.06. The zero-order valence-corrected chi connectivity index (χ0v) is 13.4. The molecule has 0 saturated heterocycles. The number of hydrogen-bond donors (Lipinski definition) is 2. The highest BCUT2D eigenvalue weighted by molar-refractivity contribution is 5.83. The van der Waals surface area contributed by atoms with Gasteiger partial charge in [0.25, 0.3) is 0 Å². The van der Waals surface area contributed by atoms with Gasteiger partial charge in [-0.25, -0.2) is 0 Å². The van der Waals surface area contributed by atoms with Crippen LogP contribution in [0.2, 0.25) is 0 Å². The molecular weight excluding hydrogens is 278 g/mol. The molecule has 1 aliphatic heterocycles. The highest BCUT2D eigenvalue weighted by Crippen LogP contribution is 2.38. The molecule has 3 N–H and O–H groups in total. The summed E-state index contributed by atoms with van der Waals surface area (Å²) in [5.41, 5.74) is 7.12. The molecule has 0 aromatic heterocycles. The molecule has 3 rings (SSSR count). The maximum Gasteiger partial charge on any atom is 0.239 e. The van der Waals surface area contributed by atoms with Gasteiger partial charge in [-0.1, -0.05) is 12.8 Å². The van der Waals surface area contributed by atoms with Crippen molar-refractivity contribution in [2.24, 2.45) is 0 Å². The Morgan fingerprint density at radius 3 is 2.86 bits per heavy atom. The number of amides is 1. The van der Waals surface area contributed by atoms with Gasteiger partial charge < -0.3 is 20.7 Å². The van der Waals surface area contributed by atoms with Gasteiger partial charge in [0.05, 0.1) is 18.8 Å². The fourth-order valence-corrected chi connectivity index (χ4v) is 3.41. The smallest absolute Gasteiger partial charge is 0.239 e. The normalized spacial score (nSPS) is 20.4. The van der Waals surface area contributed by atoms with Crippen LogP contribution >= 0.6 is 0 Å². The van der Waals surface area contributed by atoms with Crippen LogP contribution in [0.4, 0.5) is 11.4 Å². The van der Waals surface area contributed by atoms with Crippen LogP contribution in [0.5, 0.6) is 5.75 Å². The summed E-state index contributed by atoms with van der Waals surface area (Å²) in [5, 5.41) is 3.15. The summed E-state index contributed by atoms with van der Waals surface area (Å²) in [6.45, 7) is 5.10. The zero-order valence-electron chi connectivity index (χ0n) is 13.4. The van der Waals surface area contributed by atoms with Gasteiger partial charge in [0.2, 0.25) is 5.91 Å². The number of nitrogen functional groups attached to an aromatic ring is 1. The molecule has 5 nitrogen and oxygen atoms in total. The van der Waals surface area contributed by atoms with Crippen LogP contribution in [-0.4, -0.2) is 30.6 Å². The lowest BCUT2D eigenvalue weighted by atomic mass is 10.0. The van der Waals surface area contributed by atoms with E-state index in [4.69, 9.17) is 10.5 Å². The average Bonchev–Trinajstić information content (AvgIpc) is 2.89. The first kappa shape index (κ1) is 15.0. The lowest BCUT2D eigenvalue weighted by Crippen LogP contribution is -2.50. The minimum atomic E-state index is -0.339. The van der Waals surface area contributed by atoms with Gasteiger partial charge >= 0.3 is 0 Å². The van der Waals surface area contributed by atoms with E-state index in [0.717, 1.165) is 24.3 Å². The Balaban J connectivity index is 1.73. The Labute approximate surface area is 131 Å². The van der Waals surface area contributed by atoms with Crippen LogP contribution in [0.15, 0.2) is 18.2 Å². The Morgan fingerprint density at radius 1 is 1.41 bits per heavy atom. The fraction of sp³-hybridized carbons (Fsp3) is 0.588. The third-order valence-electron chi connectivity index (χ3n) is 4.34. The molecule has 120 valence electrons. The van der Waals surface area contributed by atoms with Crippen LogP contribution in [0.1, 0.15) is 39.5 Å². The molecule has 0 bridgehead atoms. The second-order valence-electron chi connectivity index (χ2n) is 6.99. The van der Waals surface area contributed by atoms with Gasteiger partial charge in [0.15, 0.2) is 0 Å². The highest BCUT2D eigenvalue weighted by Gasteiger charge is 2.33. The quantitative estimate of drug-likeness (QED) is 0.841. The van der Waals surface area contributed by atoms with Crippen LogP contribution in [0.3, 0.4) is 0 Å². The zero-order chi connectivity index (χ0) is 15.7. The summed E-state index contributed by atoms with van der Waals surface area (Å²) >= 11 is 0. The predicted octanol–water partition coefficient (Wildman–Crippen LogP) is 2.30. The number of carbonyl (C=O) groups is 1. The van der Waals surface area contributed by atoms with Crippen LogP contribution in [0, 0.1) is 0 Å². The van der Waals surface area contributed by atoms with Gasteiger partial charge in [0.1, 0.15) is 11.4 Å². The number of rotatable bonds is 3. The van der Waals surface area contributed by atoms with E-state index in [-0.39, 0.29) is 11.5 Å². The maximum atomic E-state index is 12.3. The molecule has 5 heteroatoms. The fourth-order valence-electron chi connectivity index (χ4n) is 3.41. The predicted molar refractivity (Wildman–Crippen MR) is 88.2 cm³/mol. The van der Waals surface area contributed by atoms with Gasteiger partial charge in [-0.3, -0.25) is 4.79 Å². The molecule has 1 aromatic carbocycles. The largest absolute Gasteiger partial charge is 0.484 e. The molecule has 0 radical (unpaired) electrons. The van der Waals surface area contributed by atoms with Crippen molar-refractivity contribution in [3.05, 3.63) is 18.2 Å². The molecule has 22 heavy (non-hydrogen) atoms. The molecule has 1 heterocycles. The van der Waals surface area contributed by atoms with Crippen molar-refractivity contribution >= 4 is 17.3 Å². The summed E-state index contributed by atoms with van der Waals surface area (Å²) in [6, 6.07) is 5.97. The number of nitrogens with one attached hydrogen (secondary N) is 1. The number of carbonyl (C=O) groups excluding carboxylic acids is 1. The Bertz CT molecular complexity index is 565. The van der Waals surface area contributed by atoms with Crippen LogP contribution in [0.25, 0.3) is 0 Å². The molecule has 1 saturated carbocycles. The van der Waals surface area contributed by atoms with Crippen molar-refractivity contribution in [3.8, 4) is 5.75 Å². The van der Waals surface area contributed by atoms with E-state index in [1.54, 1.807) is 0 Å². The van der Waals surface area contributed by atoms with E-state index < -0.39 is 0 Å². The average molecular weight is 303 g/mol. The van der Waals surface area contributed by atoms with E-state index in [9.17, 15) is 4.79 Å². The molecule has 0 unspecified atom stereocenters. The Kier molecular flexibility index (Phi) is 3.89. The molecule has 2 aliphatic rings. The SMILES string of the molecule is CC1(C)CN(CC(=O)NC2CCCC2)c2ccc(N)cc2O1. The van der Waals surface area contributed by atoms with Crippen molar-refractivity contribution in [3.63, 3.8) is 0 Å². The minimum absolute atomic E-state index is 0.0902. The Hall–Kier alpha value is -1.91. The lowest BCUT2D eigenvalue weighted by molar-refractivity contribution is -0.120. The maximum absolute atomic E-state index is 12.3. The minimum Gasteiger partial charge on any atom is -0.484 e. The lowest BCUT2D eigenvalue weighted by Gasteiger charge is -2.40. The van der Waals surface area contributed by atoms with Crippen LogP contribution in [-0.2, 0) is 4.79 Å². The summed E-state index contributed by atoms with van der Waals surface area (Å²) in [5.74, 6) is 0.845. The second kappa shape index (κ2) is 5.71. The van der Waals surface area contributed by atoms with Gasteiger partial charge in [0, 0.05) is 17.8 Å². The second-order valence-corrected chi connectivity index (χ2v) is 6.99. The van der Waals surface area contributed by atoms with Crippen LogP contribution < -0.4 is 20.7 Å². The van der Waals surface area contributed by atoms with Gasteiger partial charge in [-0.05, 0) is 38.8 Å². The number of nitrogens with two attached hydrogens (primary N) is 1. The van der Waals surface area contributed by atoms with E-state index >= 15 is 0 Å². The summed E-state index contributed by atoms with van der Waals surface area (Å²) in [4.78, 5) is 14.4. The molecule has 0 spiro atoms. The number of hydrogen-bond acceptors (Lipinski definition) is 4. The van der Waals surface area contributed by atoms with E-state index in [1.165, 1.54) is 12.8 Å². The molecule has 1 aromatic rings. The monoisotopic (exact) mass is 303 g/mol. The van der Waals surface area contributed by atoms with Crippen molar-refractivity contribution in [2.75, 3.05) is 23.7 Å². The highest BCUT2D eigenvalue weighted by atomic mass is 16.5. The van der Waals surface area contributed by atoms with Crippen molar-refractivity contribution in [1.29, 1.82) is 0 Å². The summed E-state index contributed by atoms with van der Waals surface area (Å²) in [6.07, 6.45) is 4.65. The van der Waals surface area contributed by atoms with Crippen molar-refractivity contribution < 1.29 is 9.53 Å². The third kappa shape index (κ3) is 3.29. The molecule has 1 fully saturated rings. The standard InChI is InChI=1S/C17H25N3O2/c1-17(2)11-20(10-16(21)19-13-5-3-4-6-13)14-8-7-12(18)9-15(14)22-17/h7-9,13H,3-6,10-11,18H2,1-2H3,(H,19,21). The van der Waals surface area contributed by atoms with E-state index in [2.05, 4.69) is 10.2 Å². The number of fused-ring (bicyclic) bond motifs is 1. The number of nitrogens with zero attached hydrogens (tertiary/aromatic N) is 1. The number of benzene rings is 1. The number of ether oxygens (including phenoxy) is 1. The topological polar surface area (TPSA) is 67.6 Å². The first-order valence-electron chi connectivity index (χ1n) is 8.06. The van der Waals surface area contributed by atoms with E-state index in [0.29, 0.717) is 24.8 Å². The van der Waals surface area contributed by atoms with Gasteiger partial charge in [-0.2, -0.15) is 0 Å². The summed E-state index contributed by atoms with van der Waals surface area (Å²) in [7, 11) is 0. The van der Waals surface area contributed by atoms with Crippen molar-refractivity contribution in [2.45, 2.75) is 51.2 Å². The molecule has 1 amide bonds. The van der Waals surface area contributed by atoms with Gasteiger partial charge in [-0.15, -0.1) is 0 Å². The number of anilines is 2. The first-order chi connectivity index (χ1) is 10.4. The van der Waals surface area contributed by atoms with Crippen molar-refractivity contribution in [1.82, 2.24) is 5.32 Å². The molecular formula is C17H25N3O2.